The second-order valence-corrected chi connectivity index (χ2v) is 3.56. The number of rotatable bonds is 5. The molecule has 0 fully saturated rings. The van der Waals surface area contributed by atoms with E-state index < -0.39 is 11.9 Å². The minimum absolute atomic E-state index is 0.110. The van der Waals surface area contributed by atoms with E-state index in [0.717, 1.165) is 31.3 Å². The summed E-state index contributed by atoms with van der Waals surface area (Å²) in [6.07, 6.45) is 3.98. The quantitative estimate of drug-likeness (QED) is 0.516. The summed E-state index contributed by atoms with van der Waals surface area (Å²) in [5, 5.41) is 0. The highest BCUT2D eigenvalue weighted by atomic mass is 16.6. The van der Waals surface area contributed by atoms with Crippen LogP contribution in [0.15, 0.2) is 11.3 Å². The van der Waals surface area contributed by atoms with Gasteiger partial charge in [-0.15, -0.1) is 0 Å². The Morgan fingerprint density at radius 2 is 2.20 bits per heavy atom. The Kier molecular flexibility index (Phi) is 4.34. The number of hydrogen-bond donors (Lipinski definition) is 0. The fourth-order valence-electron chi connectivity index (χ4n) is 1.46. The Bertz CT molecular complexity index is 291. The van der Waals surface area contributed by atoms with Crippen molar-refractivity contribution >= 4 is 11.9 Å². The van der Waals surface area contributed by atoms with Crippen molar-refractivity contribution in [1.82, 2.24) is 0 Å². The molecule has 0 aromatic carbocycles. The van der Waals surface area contributed by atoms with Gasteiger partial charge in [-0.2, -0.15) is 0 Å². The van der Waals surface area contributed by atoms with E-state index in [4.69, 9.17) is 9.47 Å². The number of esters is 2. The standard InChI is InChI=1S/C11H16O4/c1-3-4-5-6-9-7-14-11(13)10(9)15-8(2)12/h3-7H2,1-2H3. The average Bonchev–Trinajstić information content (AvgIpc) is 2.49. The Balaban J connectivity index is 2.59. The molecule has 0 saturated heterocycles. The Morgan fingerprint density at radius 3 is 2.80 bits per heavy atom. The lowest BCUT2D eigenvalue weighted by Crippen LogP contribution is -2.07. The van der Waals surface area contributed by atoms with Gasteiger partial charge in [0.25, 0.3) is 0 Å². The van der Waals surface area contributed by atoms with Crippen LogP contribution in [-0.4, -0.2) is 18.5 Å². The van der Waals surface area contributed by atoms with Crippen LogP contribution in [0.5, 0.6) is 0 Å². The molecular formula is C11H16O4. The topological polar surface area (TPSA) is 52.6 Å². The van der Waals surface area contributed by atoms with Gasteiger partial charge >= 0.3 is 11.9 Å². The first kappa shape index (κ1) is 11.8. The van der Waals surface area contributed by atoms with Gasteiger partial charge in [0.05, 0.1) is 0 Å². The number of carbonyl (C=O) groups is 2. The number of cyclic esters (lactones) is 1. The molecule has 1 aliphatic heterocycles. The van der Waals surface area contributed by atoms with E-state index in [1.165, 1.54) is 6.92 Å². The van der Waals surface area contributed by atoms with Crippen molar-refractivity contribution in [3.8, 4) is 0 Å². The van der Waals surface area contributed by atoms with Gasteiger partial charge in [0.2, 0.25) is 5.76 Å². The molecule has 84 valence electrons. The van der Waals surface area contributed by atoms with Crippen LogP contribution in [0.1, 0.15) is 39.5 Å². The first-order chi connectivity index (χ1) is 7.15. The molecule has 4 heteroatoms. The molecule has 1 aliphatic rings. The SMILES string of the molecule is CCCCCC1=C(OC(C)=O)C(=O)OC1. The molecule has 1 rings (SSSR count). The van der Waals surface area contributed by atoms with Crippen LogP contribution in [-0.2, 0) is 19.1 Å². The van der Waals surface area contributed by atoms with Gasteiger partial charge in [-0.05, 0) is 12.8 Å². The van der Waals surface area contributed by atoms with Gasteiger partial charge in [-0.25, -0.2) is 4.79 Å². The summed E-state index contributed by atoms with van der Waals surface area (Å²) in [6.45, 7) is 3.66. The molecular weight excluding hydrogens is 196 g/mol. The summed E-state index contributed by atoms with van der Waals surface area (Å²) in [7, 11) is 0. The molecule has 1 heterocycles. The third-order valence-corrected chi connectivity index (χ3v) is 2.21. The van der Waals surface area contributed by atoms with Crippen LogP contribution in [0.3, 0.4) is 0 Å². The first-order valence-electron chi connectivity index (χ1n) is 5.22. The van der Waals surface area contributed by atoms with Gasteiger partial charge in [0.1, 0.15) is 6.61 Å². The molecule has 0 amide bonds. The van der Waals surface area contributed by atoms with E-state index in [0.29, 0.717) is 0 Å². The van der Waals surface area contributed by atoms with Crippen molar-refractivity contribution in [1.29, 1.82) is 0 Å². The van der Waals surface area contributed by atoms with Crippen molar-refractivity contribution in [3.63, 3.8) is 0 Å². The molecule has 0 atom stereocenters. The number of carbonyl (C=O) groups excluding carboxylic acids is 2. The summed E-state index contributed by atoms with van der Waals surface area (Å²) < 4.78 is 9.65. The minimum Gasteiger partial charge on any atom is -0.455 e. The van der Waals surface area contributed by atoms with Crippen LogP contribution >= 0.6 is 0 Å². The molecule has 4 nitrogen and oxygen atoms in total. The van der Waals surface area contributed by atoms with Crippen LogP contribution in [0, 0.1) is 0 Å². The third-order valence-electron chi connectivity index (χ3n) is 2.21. The van der Waals surface area contributed by atoms with Crippen molar-refractivity contribution in [2.45, 2.75) is 39.5 Å². The third kappa shape index (κ3) is 3.38. The summed E-state index contributed by atoms with van der Waals surface area (Å²) in [4.78, 5) is 22.0. The fraction of sp³-hybridized carbons (Fsp3) is 0.636. The molecule has 0 saturated carbocycles. The lowest BCUT2D eigenvalue weighted by atomic mass is 10.1. The molecule has 0 spiro atoms. The maximum atomic E-state index is 11.2. The summed E-state index contributed by atoms with van der Waals surface area (Å²) >= 11 is 0. The molecule has 0 bridgehead atoms. The highest BCUT2D eigenvalue weighted by Crippen LogP contribution is 2.22. The molecule has 0 aromatic heterocycles. The van der Waals surface area contributed by atoms with Gasteiger partial charge in [0.15, 0.2) is 0 Å². The van der Waals surface area contributed by atoms with E-state index in [2.05, 4.69) is 6.92 Å². The van der Waals surface area contributed by atoms with Crippen LogP contribution < -0.4 is 0 Å². The van der Waals surface area contributed by atoms with Gasteiger partial charge in [0, 0.05) is 12.5 Å². The average molecular weight is 212 g/mol. The van der Waals surface area contributed by atoms with Crippen LogP contribution in [0.4, 0.5) is 0 Å². The van der Waals surface area contributed by atoms with Gasteiger partial charge in [-0.3, -0.25) is 4.79 Å². The zero-order valence-corrected chi connectivity index (χ0v) is 9.17. The summed E-state index contributed by atoms with van der Waals surface area (Å²) in [5.74, 6) is -0.882. The lowest BCUT2D eigenvalue weighted by Gasteiger charge is -2.02. The number of unbranched alkanes of at least 4 members (excludes halogenated alkanes) is 2. The van der Waals surface area contributed by atoms with E-state index in [9.17, 15) is 9.59 Å². The van der Waals surface area contributed by atoms with E-state index in [-0.39, 0.29) is 12.4 Å². The second-order valence-electron chi connectivity index (χ2n) is 3.56. The molecule has 0 radical (unpaired) electrons. The zero-order valence-electron chi connectivity index (χ0n) is 9.17. The van der Waals surface area contributed by atoms with E-state index in [1.807, 2.05) is 0 Å². The van der Waals surface area contributed by atoms with E-state index in [1.54, 1.807) is 0 Å². The maximum Gasteiger partial charge on any atom is 0.374 e. The Hall–Kier alpha value is -1.32. The Morgan fingerprint density at radius 1 is 1.47 bits per heavy atom. The minimum atomic E-state index is -0.517. The van der Waals surface area contributed by atoms with Crippen LogP contribution in [0.25, 0.3) is 0 Å². The number of ether oxygens (including phenoxy) is 2. The summed E-state index contributed by atoms with van der Waals surface area (Å²) in [6, 6.07) is 0. The Labute approximate surface area is 89.2 Å². The van der Waals surface area contributed by atoms with Crippen molar-refractivity contribution in [3.05, 3.63) is 11.3 Å². The predicted octanol–water partition coefficient (Wildman–Crippen LogP) is 1.94. The smallest absolute Gasteiger partial charge is 0.374 e. The van der Waals surface area contributed by atoms with Crippen molar-refractivity contribution in [2.24, 2.45) is 0 Å². The van der Waals surface area contributed by atoms with Crippen LogP contribution in [0.2, 0.25) is 0 Å². The summed E-state index contributed by atoms with van der Waals surface area (Å²) in [5.41, 5.74) is 0.809. The van der Waals surface area contributed by atoms with Crippen molar-refractivity contribution in [2.75, 3.05) is 6.61 Å². The molecule has 0 aromatic rings. The first-order valence-corrected chi connectivity index (χ1v) is 5.22. The normalized spacial score (nSPS) is 15.5. The van der Waals surface area contributed by atoms with E-state index >= 15 is 0 Å². The number of hydrogen-bond acceptors (Lipinski definition) is 4. The monoisotopic (exact) mass is 212 g/mol. The second kappa shape index (κ2) is 5.53. The van der Waals surface area contributed by atoms with Gasteiger partial charge in [-0.1, -0.05) is 19.8 Å². The molecule has 0 unspecified atom stereocenters. The molecule has 0 N–H and O–H groups in total. The molecule has 0 aliphatic carbocycles. The fourth-order valence-corrected chi connectivity index (χ4v) is 1.46. The lowest BCUT2D eigenvalue weighted by molar-refractivity contribution is -0.147. The largest absolute Gasteiger partial charge is 0.455 e. The molecule has 15 heavy (non-hydrogen) atoms. The predicted molar refractivity (Wildman–Crippen MR) is 53.9 cm³/mol. The highest BCUT2D eigenvalue weighted by Gasteiger charge is 2.27. The highest BCUT2D eigenvalue weighted by molar-refractivity contribution is 5.92. The maximum absolute atomic E-state index is 11.2. The van der Waals surface area contributed by atoms with Gasteiger partial charge < -0.3 is 9.47 Å². The van der Waals surface area contributed by atoms with Crippen molar-refractivity contribution < 1.29 is 19.1 Å². The zero-order chi connectivity index (χ0) is 11.3.